The molecule has 1 heterocycles. The van der Waals surface area contributed by atoms with Crippen LogP contribution < -0.4 is 0 Å². The molecule has 0 aromatic heterocycles. The summed E-state index contributed by atoms with van der Waals surface area (Å²) in [6.45, 7) is 0.726. The van der Waals surface area contributed by atoms with Gasteiger partial charge < -0.3 is 4.90 Å². The topological polar surface area (TPSA) is 20.3 Å². The third-order valence-electron chi connectivity index (χ3n) is 4.11. The van der Waals surface area contributed by atoms with E-state index in [4.69, 9.17) is 11.6 Å². The van der Waals surface area contributed by atoms with Crippen molar-refractivity contribution in [3.05, 3.63) is 70.5 Å². The van der Waals surface area contributed by atoms with Crippen molar-refractivity contribution >= 4 is 17.5 Å². The Morgan fingerprint density at radius 3 is 2.73 bits per heavy atom. The normalized spacial score (nSPS) is 17.7. The highest BCUT2D eigenvalue weighted by Crippen LogP contribution is 2.26. The Morgan fingerprint density at radius 2 is 2.00 bits per heavy atom. The molecule has 3 rings (SSSR count). The highest BCUT2D eigenvalue weighted by molar-refractivity contribution is 6.33. The molecule has 114 valence electrons. The van der Waals surface area contributed by atoms with Crippen LogP contribution >= 0.6 is 11.6 Å². The first-order chi connectivity index (χ1) is 10.6. The molecular formula is C18H17ClFNO. The average Bonchev–Trinajstić information content (AvgIpc) is 2.96. The molecule has 0 N–H and O–H groups in total. The van der Waals surface area contributed by atoms with Crippen LogP contribution in [0.15, 0.2) is 48.5 Å². The third kappa shape index (κ3) is 3.14. The Labute approximate surface area is 134 Å². The van der Waals surface area contributed by atoms with E-state index in [1.165, 1.54) is 23.8 Å². The van der Waals surface area contributed by atoms with E-state index in [1.54, 1.807) is 0 Å². The zero-order valence-electron chi connectivity index (χ0n) is 12.1. The molecule has 0 spiro atoms. The zero-order chi connectivity index (χ0) is 15.5. The SMILES string of the molecule is O=C(c1ccc(F)cc1Cl)N1CCCC1Cc1ccccc1. The van der Waals surface area contributed by atoms with Gasteiger partial charge in [0.2, 0.25) is 0 Å². The standard InChI is InChI=1S/C18H17ClFNO/c19-17-12-14(20)8-9-16(17)18(22)21-10-4-7-15(21)11-13-5-2-1-3-6-13/h1-3,5-6,8-9,12,15H,4,7,10-11H2. The molecular weight excluding hydrogens is 301 g/mol. The van der Waals surface area contributed by atoms with Gasteiger partial charge in [0.25, 0.3) is 5.91 Å². The van der Waals surface area contributed by atoms with Gasteiger partial charge in [0, 0.05) is 12.6 Å². The summed E-state index contributed by atoms with van der Waals surface area (Å²) in [6.07, 6.45) is 2.81. The van der Waals surface area contributed by atoms with Gasteiger partial charge in [0.15, 0.2) is 0 Å². The maximum atomic E-state index is 13.1. The molecule has 1 aliphatic heterocycles. The van der Waals surface area contributed by atoms with Crippen molar-refractivity contribution in [1.29, 1.82) is 0 Å². The van der Waals surface area contributed by atoms with Gasteiger partial charge >= 0.3 is 0 Å². The summed E-state index contributed by atoms with van der Waals surface area (Å²) in [4.78, 5) is 14.6. The van der Waals surface area contributed by atoms with Crippen LogP contribution in [0.3, 0.4) is 0 Å². The second kappa shape index (κ2) is 6.49. The summed E-state index contributed by atoms with van der Waals surface area (Å²) in [6, 6.07) is 14.3. The number of carbonyl (C=O) groups excluding carboxylic acids is 1. The van der Waals surface area contributed by atoms with Crippen LogP contribution in [0.2, 0.25) is 5.02 Å². The summed E-state index contributed by atoms with van der Waals surface area (Å²) in [5.74, 6) is -0.535. The second-order valence-electron chi connectivity index (χ2n) is 5.61. The van der Waals surface area contributed by atoms with Gasteiger partial charge in [0.1, 0.15) is 5.82 Å². The lowest BCUT2D eigenvalue weighted by atomic mass is 10.0. The number of benzene rings is 2. The third-order valence-corrected chi connectivity index (χ3v) is 4.43. The van der Waals surface area contributed by atoms with E-state index in [9.17, 15) is 9.18 Å². The van der Waals surface area contributed by atoms with Crippen LogP contribution in [0, 0.1) is 5.82 Å². The molecule has 2 aromatic carbocycles. The van der Waals surface area contributed by atoms with E-state index in [1.807, 2.05) is 23.1 Å². The molecule has 4 heteroatoms. The van der Waals surface area contributed by atoms with Crippen molar-refractivity contribution in [2.24, 2.45) is 0 Å². The van der Waals surface area contributed by atoms with Crippen LogP contribution in [0.1, 0.15) is 28.8 Å². The monoisotopic (exact) mass is 317 g/mol. The summed E-state index contributed by atoms with van der Waals surface area (Å²) in [7, 11) is 0. The highest BCUT2D eigenvalue weighted by Gasteiger charge is 2.30. The number of hydrogen-bond donors (Lipinski definition) is 0. The average molecular weight is 318 g/mol. The Kier molecular flexibility index (Phi) is 4.44. The molecule has 1 unspecified atom stereocenters. The number of nitrogens with zero attached hydrogens (tertiary/aromatic N) is 1. The van der Waals surface area contributed by atoms with E-state index in [2.05, 4.69) is 12.1 Å². The van der Waals surface area contributed by atoms with Gasteiger partial charge in [0.05, 0.1) is 10.6 Å². The van der Waals surface area contributed by atoms with Gasteiger partial charge in [-0.15, -0.1) is 0 Å². The van der Waals surface area contributed by atoms with E-state index in [-0.39, 0.29) is 17.0 Å². The Bertz CT molecular complexity index is 674. The van der Waals surface area contributed by atoms with Crippen molar-refractivity contribution < 1.29 is 9.18 Å². The first-order valence-corrected chi connectivity index (χ1v) is 7.83. The fraction of sp³-hybridized carbons (Fsp3) is 0.278. The minimum atomic E-state index is -0.427. The van der Waals surface area contributed by atoms with Crippen LogP contribution in [-0.2, 0) is 6.42 Å². The van der Waals surface area contributed by atoms with Gasteiger partial charge in [-0.05, 0) is 43.0 Å². The summed E-state index contributed by atoms with van der Waals surface area (Å²) >= 11 is 6.02. The van der Waals surface area contributed by atoms with Crippen LogP contribution in [0.25, 0.3) is 0 Å². The van der Waals surface area contributed by atoms with E-state index >= 15 is 0 Å². The number of likely N-dealkylation sites (tertiary alicyclic amines) is 1. The second-order valence-corrected chi connectivity index (χ2v) is 6.02. The molecule has 1 atom stereocenters. The Morgan fingerprint density at radius 1 is 1.23 bits per heavy atom. The Balaban J connectivity index is 1.79. The lowest BCUT2D eigenvalue weighted by Crippen LogP contribution is -2.37. The number of halogens is 2. The predicted octanol–water partition coefficient (Wildman–Crippen LogP) is 4.33. The minimum Gasteiger partial charge on any atom is -0.335 e. The fourth-order valence-electron chi connectivity index (χ4n) is 3.02. The molecule has 1 saturated heterocycles. The summed E-state index contributed by atoms with van der Waals surface area (Å²) < 4.78 is 13.1. The fourth-order valence-corrected chi connectivity index (χ4v) is 3.27. The van der Waals surface area contributed by atoms with Gasteiger partial charge in [-0.1, -0.05) is 41.9 Å². The van der Waals surface area contributed by atoms with Crippen molar-refractivity contribution in [3.8, 4) is 0 Å². The smallest absolute Gasteiger partial charge is 0.255 e. The molecule has 22 heavy (non-hydrogen) atoms. The molecule has 1 fully saturated rings. The molecule has 0 aliphatic carbocycles. The van der Waals surface area contributed by atoms with Crippen LogP contribution in [0.5, 0.6) is 0 Å². The predicted molar refractivity (Wildman–Crippen MR) is 85.6 cm³/mol. The molecule has 2 nitrogen and oxygen atoms in total. The van der Waals surface area contributed by atoms with Gasteiger partial charge in [-0.3, -0.25) is 4.79 Å². The van der Waals surface area contributed by atoms with E-state index < -0.39 is 5.82 Å². The first kappa shape index (κ1) is 15.0. The maximum absolute atomic E-state index is 13.1. The largest absolute Gasteiger partial charge is 0.335 e. The van der Waals surface area contributed by atoms with Crippen LogP contribution in [0.4, 0.5) is 4.39 Å². The molecule has 1 aliphatic rings. The summed E-state index contributed by atoms with van der Waals surface area (Å²) in [5.41, 5.74) is 1.60. The number of hydrogen-bond acceptors (Lipinski definition) is 1. The molecule has 0 saturated carbocycles. The zero-order valence-corrected chi connectivity index (χ0v) is 12.9. The first-order valence-electron chi connectivity index (χ1n) is 7.45. The summed E-state index contributed by atoms with van der Waals surface area (Å²) in [5, 5.41) is 0.176. The van der Waals surface area contributed by atoms with Crippen molar-refractivity contribution in [3.63, 3.8) is 0 Å². The molecule has 2 aromatic rings. The van der Waals surface area contributed by atoms with Crippen molar-refractivity contribution in [2.45, 2.75) is 25.3 Å². The van der Waals surface area contributed by atoms with Crippen molar-refractivity contribution in [1.82, 2.24) is 4.90 Å². The number of rotatable bonds is 3. The van der Waals surface area contributed by atoms with E-state index in [0.717, 1.165) is 25.8 Å². The highest BCUT2D eigenvalue weighted by atomic mass is 35.5. The van der Waals surface area contributed by atoms with Gasteiger partial charge in [-0.25, -0.2) is 4.39 Å². The molecule has 0 bridgehead atoms. The number of carbonyl (C=O) groups is 1. The van der Waals surface area contributed by atoms with E-state index in [0.29, 0.717) is 5.56 Å². The van der Waals surface area contributed by atoms with Crippen LogP contribution in [-0.4, -0.2) is 23.4 Å². The molecule has 1 amide bonds. The maximum Gasteiger partial charge on any atom is 0.255 e. The minimum absolute atomic E-state index is 0.108. The Hall–Kier alpha value is -1.87. The number of amides is 1. The van der Waals surface area contributed by atoms with Gasteiger partial charge in [-0.2, -0.15) is 0 Å². The van der Waals surface area contributed by atoms with Crippen molar-refractivity contribution in [2.75, 3.05) is 6.54 Å². The quantitative estimate of drug-likeness (QED) is 0.825. The lowest BCUT2D eigenvalue weighted by Gasteiger charge is -2.25. The lowest BCUT2D eigenvalue weighted by molar-refractivity contribution is 0.0736. The molecule has 0 radical (unpaired) electrons.